The Morgan fingerprint density at radius 1 is 1.16 bits per heavy atom. The molecule has 1 atom stereocenters. The minimum Gasteiger partial charge on any atom is -0.487 e. The molecule has 0 saturated heterocycles. The number of hydrogen-bond acceptors (Lipinski definition) is 4. The van der Waals surface area contributed by atoms with Gasteiger partial charge in [0.1, 0.15) is 12.4 Å². The summed E-state index contributed by atoms with van der Waals surface area (Å²) in [6, 6.07) is 13.4. The van der Waals surface area contributed by atoms with Gasteiger partial charge in [0.25, 0.3) is 0 Å². The van der Waals surface area contributed by atoms with Crippen molar-refractivity contribution in [3.8, 4) is 11.6 Å². The van der Waals surface area contributed by atoms with Gasteiger partial charge in [0.2, 0.25) is 5.88 Å². The van der Waals surface area contributed by atoms with Crippen molar-refractivity contribution in [1.82, 2.24) is 4.98 Å². The Morgan fingerprint density at radius 2 is 1.89 bits per heavy atom. The quantitative estimate of drug-likeness (QED) is 0.895. The molecule has 0 aliphatic rings. The van der Waals surface area contributed by atoms with Crippen LogP contribution in [0.25, 0.3) is 0 Å². The summed E-state index contributed by atoms with van der Waals surface area (Å²) < 4.78 is 10.7. The van der Waals surface area contributed by atoms with Crippen molar-refractivity contribution in [2.45, 2.75) is 19.6 Å². The highest BCUT2D eigenvalue weighted by atomic mass is 16.5. The SMILES string of the molecule is COc1cccc(COc2ccc(C(C)N)cc2)n1. The van der Waals surface area contributed by atoms with Crippen LogP contribution >= 0.6 is 0 Å². The number of nitrogens with two attached hydrogens (primary N) is 1. The van der Waals surface area contributed by atoms with Crippen molar-refractivity contribution in [1.29, 1.82) is 0 Å². The van der Waals surface area contributed by atoms with Gasteiger partial charge in [-0.1, -0.05) is 18.2 Å². The second kappa shape index (κ2) is 6.20. The van der Waals surface area contributed by atoms with Crippen molar-refractivity contribution in [2.24, 2.45) is 5.73 Å². The predicted octanol–water partition coefficient (Wildman–Crippen LogP) is 2.69. The van der Waals surface area contributed by atoms with Crippen LogP contribution in [0.5, 0.6) is 11.6 Å². The molecule has 0 fully saturated rings. The smallest absolute Gasteiger partial charge is 0.213 e. The summed E-state index contributed by atoms with van der Waals surface area (Å²) in [7, 11) is 1.60. The second-order valence-electron chi connectivity index (χ2n) is 4.32. The third kappa shape index (κ3) is 3.69. The number of aromatic nitrogens is 1. The minimum absolute atomic E-state index is 0.0362. The van der Waals surface area contributed by atoms with Crippen LogP contribution in [-0.4, -0.2) is 12.1 Å². The van der Waals surface area contributed by atoms with Crippen LogP contribution in [-0.2, 0) is 6.61 Å². The lowest BCUT2D eigenvalue weighted by molar-refractivity contribution is 0.298. The number of methoxy groups -OCH3 is 1. The number of ether oxygens (including phenoxy) is 2. The molecule has 4 nitrogen and oxygen atoms in total. The van der Waals surface area contributed by atoms with Crippen LogP contribution in [0.2, 0.25) is 0 Å². The van der Waals surface area contributed by atoms with Crippen molar-refractivity contribution in [3.63, 3.8) is 0 Å². The average molecular weight is 258 g/mol. The van der Waals surface area contributed by atoms with Crippen molar-refractivity contribution in [2.75, 3.05) is 7.11 Å². The molecule has 1 aromatic heterocycles. The number of rotatable bonds is 5. The Hall–Kier alpha value is -2.07. The molecule has 0 aliphatic heterocycles. The molecule has 0 saturated carbocycles. The summed E-state index contributed by atoms with van der Waals surface area (Å²) in [5.74, 6) is 1.39. The van der Waals surface area contributed by atoms with Crippen molar-refractivity contribution < 1.29 is 9.47 Å². The lowest BCUT2D eigenvalue weighted by Gasteiger charge is -2.09. The lowest BCUT2D eigenvalue weighted by Crippen LogP contribution is -2.04. The van der Waals surface area contributed by atoms with Gasteiger partial charge >= 0.3 is 0 Å². The molecular weight excluding hydrogens is 240 g/mol. The van der Waals surface area contributed by atoms with E-state index in [4.69, 9.17) is 15.2 Å². The largest absolute Gasteiger partial charge is 0.487 e. The first-order valence-corrected chi connectivity index (χ1v) is 6.17. The highest BCUT2D eigenvalue weighted by Crippen LogP contribution is 2.17. The molecule has 2 N–H and O–H groups in total. The van der Waals surface area contributed by atoms with Crippen LogP contribution in [0.4, 0.5) is 0 Å². The molecule has 1 aromatic carbocycles. The highest BCUT2D eigenvalue weighted by molar-refractivity contribution is 5.29. The molecule has 2 aromatic rings. The maximum absolute atomic E-state index is 5.80. The van der Waals surface area contributed by atoms with Gasteiger partial charge in [-0.2, -0.15) is 0 Å². The Labute approximate surface area is 113 Å². The number of benzene rings is 1. The maximum Gasteiger partial charge on any atom is 0.213 e. The fraction of sp³-hybridized carbons (Fsp3) is 0.267. The first-order chi connectivity index (χ1) is 9.19. The van der Waals surface area contributed by atoms with E-state index in [9.17, 15) is 0 Å². The number of pyridine rings is 1. The molecule has 1 heterocycles. The molecule has 0 spiro atoms. The molecule has 0 radical (unpaired) electrons. The molecule has 0 amide bonds. The van der Waals surface area contributed by atoms with E-state index in [0.717, 1.165) is 17.0 Å². The molecule has 0 aliphatic carbocycles. The fourth-order valence-corrected chi connectivity index (χ4v) is 1.68. The van der Waals surface area contributed by atoms with Crippen molar-refractivity contribution in [3.05, 3.63) is 53.7 Å². The molecule has 100 valence electrons. The standard InChI is InChI=1S/C15H18N2O2/c1-11(16)12-6-8-14(9-7-12)19-10-13-4-3-5-15(17-13)18-2/h3-9,11H,10,16H2,1-2H3. The Morgan fingerprint density at radius 3 is 2.53 bits per heavy atom. The molecule has 0 bridgehead atoms. The zero-order chi connectivity index (χ0) is 13.7. The zero-order valence-electron chi connectivity index (χ0n) is 11.2. The summed E-state index contributed by atoms with van der Waals surface area (Å²) in [5, 5.41) is 0. The van der Waals surface area contributed by atoms with E-state index in [2.05, 4.69) is 4.98 Å². The Balaban J connectivity index is 1.98. The lowest BCUT2D eigenvalue weighted by atomic mass is 10.1. The van der Waals surface area contributed by atoms with E-state index in [-0.39, 0.29) is 6.04 Å². The highest BCUT2D eigenvalue weighted by Gasteiger charge is 2.01. The molecule has 4 heteroatoms. The van der Waals surface area contributed by atoms with Crippen LogP contribution < -0.4 is 15.2 Å². The van der Waals surface area contributed by atoms with Crippen molar-refractivity contribution >= 4 is 0 Å². The zero-order valence-corrected chi connectivity index (χ0v) is 11.2. The van der Waals surface area contributed by atoms with Gasteiger partial charge in [-0.3, -0.25) is 0 Å². The molecular formula is C15H18N2O2. The van der Waals surface area contributed by atoms with E-state index in [1.165, 1.54) is 0 Å². The van der Waals surface area contributed by atoms with E-state index in [1.54, 1.807) is 13.2 Å². The third-order valence-corrected chi connectivity index (χ3v) is 2.78. The summed E-state index contributed by atoms with van der Waals surface area (Å²) in [4.78, 5) is 4.28. The minimum atomic E-state index is 0.0362. The summed E-state index contributed by atoms with van der Waals surface area (Å²) in [6.45, 7) is 2.37. The third-order valence-electron chi connectivity index (χ3n) is 2.78. The van der Waals surface area contributed by atoms with Gasteiger partial charge in [0, 0.05) is 12.1 Å². The monoisotopic (exact) mass is 258 g/mol. The van der Waals surface area contributed by atoms with Gasteiger partial charge in [-0.05, 0) is 30.7 Å². The van der Waals surface area contributed by atoms with E-state index in [1.807, 2.05) is 43.3 Å². The maximum atomic E-state index is 5.80. The van der Waals surface area contributed by atoms with E-state index >= 15 is 0 Å². The normalized spacial score (nSPS) is 11.9. The Bertz CT molecular complexity index is 524. The summed E-state index contributed by atoms with van der Waals surface area (Å²) >= 11 is 0. The summed E-state index contributed by atoms with van der Waals surface area (Å²) in [6.07, 6.45) is 0. The molecule has 2 rings (SSSR count). The molecule has 19 heavy (non-hydrogen) atoms. The van der Waals surface area contributed by atoms with E-state index < -0.39 is 0 Å². The van der Waals surface area contributed by atoms with Crippen LogP contribution in [0.3, 0.4) is 0 Å². The van der Waals surface area contributed by atoms with Crippen LogP contribution in [0.1, 0.15) is 24.2 Å². The average Bonchev–Trinajstić information content (AvgIpc) is 2.46. The number of nitrogens with zero attached hydrogens (tertiary/aromatic N) is 1. The van der Waals surface area contributed by atoms with Gasteiger partial charge in [-0.15, -0.1) is 0 Å². The van der Waals surface area contributed by atoms with Gasteiger partial charge in [0.05, 0.1) is 12.8 Å². The van der Waals surface area contributed by atoms with Crippen LogP contribution in [0, 0.1) is 0 Å². The summed E-state index contributed by atoms with van der Waals surface area (Å²) in [5.41, 5.74) is 7.72. The number of hydrogen-bond donors (Lipinski definition) is 1. The first-order valence-electron chi connectivity index (χ1n) is 6.17. The van der Waals surface area contributed by atoms with Crippen LogP contribution in [0.15, 0.2) is 42.5 Å². The van der Waals surface area contributed by atoms with Gasteiger partial charge in [0.15, 0.2) is 0 Å². The molecule has 1 unspecified atom stereocenters. The topological polar surface area (TPSA) is 57.4 Å². The second-order valence-corrected chi connectivity index (χ2v) is 4.32. The predicted molar refractivity (Wildman–Crippen MR) is 74.2 cm³/mol. The first kappa shape index (κ1) is 13.4. The van der Waals surface area contributed by atoms with E-state index in [0.29, 0.717) is 12.5 Å². The Kier molecular flexibility index (Phi) is 4.36. The van der Waals surface area contributed by atoms with Gasteiger partial charge in [-0.25, -0.2) is 4.98 Å². The van der Waals surface area contributed by atoms with Gasteiger partial charge < -0.3 is 15.2 Å². The fourth-order valence-electron chi connectivity index (χ4n) is 1.68.